The van der Waals surface area contributed by atoms with Gasteiger partial charge in [-0.25, -0.2) is 0 Å². The van der Waals surface area contributed by atoms with Gasteiger partial charge in [0.05, 0.1) is 0 Å². The van der Waals surface area contributed by atoms with Crippen LogP contribution in [0.3, 0.4) is 0 Å². The maximum atomic E-state index is 12.6. The van der Waals surface area contributed by atoms with Gasteiger partial charge in [-0.1, -0.05) is 6.07 Å². The molecule has 1 heterocycles. The Morgan fingerprint density at radius 2 is 1.88 bits per heavy atom. The summed E-state index contributed by atoms with van der Waals surface area (Å²) in [7, 11) is 0. The number of hydrogen-bond donors (Lipinski definition) is 3. The largest absolute Gasteiger partial charge is 0.385 e. The minimum Gasteiger partial charge on any atom is -0.385 e. The Hall–Kier alpha value is -2.82. The number of carbonyl (C=O) groups excluding carboxylic acids is 2. The van der Waals surface area contributed by atoms with Gasteiger partial charge >= 0.3 is 0 Å². The molecule has 0 fully saturated rings. The summed E-state index contributed by atoms with van der Waals surface area (Å²) >= 11 is 0. The third-order valence-electron chi connectivity index (χ3n) is 4.08. The Morgan fingerprint density at radius 3 is 2.62 bits per heavy atom. The van der Waals surface area contributed by atoms with Crippen molar-refractivity contribution in [1.29, 1.82) is 0 Å². The molecule has 5 nitrogen and oxygen atoms in total. The van der Waals surface area contributed by atoms with E-state index in [-0.39, 0.29) is 11.8 Å². The highest BCUT2D eigenvalue weighted by Gasteiger charge is 2.17. The highest BCUT2D eigenvalue weighted by Crippen LogP contribution is 2.26. The van der Waals surface area contributed by atoms with Gasteiger partial charge in [0.2, 0.25) is 0 Å². The van der Waals surface area contributed by atoms with Crippen molar-refractivity contribution in [3.05, 3.63) is 59.2 Å². The highest BCUT2D eigenvalue weighted by atomic mass is 16.2. The summed E-state index contributed by atoms with van der Waals surface area (Å²) in [6.45, 7) is 3.41. The van der Waals surface area contributed by atoms with Crippen LogP contribution in [-0.2, 0) is 6.42 Å². The summed E-state index contributed by atoms with van der Waals surface area (Å²) < 4.78 is 0. The van der Waals surface area contributed by atoms with Crippen LogP contribution >= 0.6 is 0 Å². The van der Waals surface area contributed by atoms with Crippen LogP contribution in [0.1, 0.15) is 39.6 Å². The van der Waals surface area contributed by atoms with E-state index >= 15 is 0 Å². The van der Waals surface area contributed by atoms with E-state index in [0.29, 0.717) is 23.4 Å². The van der Waals surface area contributed by atoms with Crippen molar-refractivity contribution in [3.63, 3.8) is 0 Å². The van der Waals surface area contributed by atoms with Crippen molar-refractivity contribution < 1.29 is 9.59 Å². The lowest BCUT2D eigenvalue weighted by Crippen LogP contribution is -2.22. The topological polar surface area (TPSA) is 70.2 Å². The summed E-state index contributed by atoms with van der Waals surface area (Å²) in [5.41, 5.74) is 4.07. The molecule has 0 unspecified atom stereocenters. The van der Waals surface area contributed by atoms with Crippen LogP contribution < -0.4 is 16.0 Å². The first-order chi connectivity index (χ1) is 11.7. The lowest BCUT2D eigenvalue weighted by Gasteiger charge is -2.20. The minimum absolute atomic E-state index is 0.112. The fourth-order valence-corrected chi connectivity index (χ4v) is 2.89. The van der Waals surface area contributed by atoms with Gasteiger partial charge in [0.15, 0.2) is 0 Å². The van der Waals surface area contributed by atoms with Crippen molar-refractivity contribution in [3.8, 4) is 0 Å². The molecule has 0 aromatic heterocycles. The first kappa shape index (κ1) is 16.1. The molecule has 2 aromatic carbocycles. The first-order valence-electron chi connectivity index (χ1n) is 8.24. The van der Waals surface area contributed by atoms with E-state index in [1.54, 1.807) is 24.3 Å². The van der Waals surface area contributed by atoms with Crippen molar-refractivity contribution in [1.82, 2.24) is 5.32 Å². The van der Waals surface area contributed by atoms with Crippen molar-refractivity contribution in [2.24, 2.45) is 0 Å². The Bertz CT molecular complexity index is 754. The maximum absolute atomic E-state index is 12.6. The Balaban J connectivity index is 1.75. The second-order valence-corrected chi connectivity index (χ2v) is 5.75. The number of anilines is 2. The Labute approximate surface area is 141 Å². The number of benzene rings is 2. The molecule has 0 radical (unpaired) electrons. The molecule has 0 spiro atoms. The van der Waals surface area contributed by atoms with Crippen LogP contribution in [0.25, 0.3) is 0 Å². The summed E-state index contributed by atoms with van der Waals surface area (Å²) in [4.78, 5) is 24.3. The molecule has 2 aromatic rings. The SMILES string of the molecule is CCNC(=O)c1ccc(NC(=O)c2cccc3c2CCCN3)cc1. The third kappa shape index (κ3) is 3.40. The average Bonchev–Trinajstić information content (AvgIpc) is 2.62. The molecular formula is C19H21N3O2. The fourth-order valence-electron chi connectivity index (χ4n) is 2.89. The molecule has 0 aliphatic carbocycles. The molecule has 1 aliphatic rings. The maximum Gasteiger partial charge on any atom is 0.256 e. The summed E-state index contributed by atoms with van der Waals surface area (Å²) in [6, 6.07) is 12.7. The quantitative estimate of drug-likeness (QED) is 0.810. The lowest BCUT2D eigenvalue weighted by molar-refractivity contribution is 0.0955. The zero-order chi connectivity index (χ0) is 16.9. The Kier molecular flexibility index (Phi) is 4.79. The average molecular weight is 323 g/mol. The van der Waals surface area contributed by atoms with E-state index in [4.69, 9.17) is 0 Å². The van der Waals surface area contributed by atoms with Gasteiger partial charge in [0.25, 0.3) is 11.8 Å². The van der Waals surface area contributed by atoms with Crippen molar-refractivity contribution >= 4 is 23.2 Å². The van der Waals surface area contributed by atoms with Crippen LogP contribution in [0.4, 0.5) is 11.4 Å². The smallest absolute Gasteiger partial charge is 0.256 e. The molecule has 0 atom stereocenters. The minimum atomic E-state index is -0.124. The van der Waals surface area contributed by atoms with Gasteiger partial charge in [-0.3, -0.25) is 9.59 Å². The highest BCUT2D eigenvalue weighted by molar-refractivity contribution is 6.06. The van der Waals surface area contributed by atoms with E-state index in [1.807, 2.05) is 25.1 Å². The molecule has 0 saturated heterocycles. The van der Waals surface area contributed by atoms with Gasteiger partial charge in [-0.05, 0) is 61.7 Å². The van der Waals surface area contributed by atoms with Gasteiger partial charge < -0.3 is 16.0 Å². The zero-order valence-electron chi connectivity index (χ0n) is 13.7. The van der Waals surface area contributed by atoms with Crippen LogP contribution in [0.15, 0.2) is 42.5 Å². The second kappa shape index (κ2) is 7.17. The van der Waals surface area contributed by atoms with Gasteiger partial charge in [-0.15, -0.1) is 0 Å². The standard InChI is InChI=1S/C19H21N3O2/c1-2-20-18(23)13-8-10-14(11-9-13)22-19(24)16-5-3-7-17-15(16)6-4-12-21-17/h3,5,7-11,21H,2,4,6,12H2,1H3,(H,20,23)(H,22,24). The predicted octanol–water partition coefficient (Wildman–Crippen LogP) is 3.05. The van der Waals surface area contributed by atoms with Crippen LogP contribution in [0.2, 0.25) is 0 Å². The molecule has 0 bridgehead atoms. The molecule has 24 heavy (non-hydrogen) atoms. The van der Waals surface area contributed by atoms with E-state index in [9.17, 15) is 9.59 Å². The molecule has 5 heteroatoms. The van der Waals surface area contributed by atoms with E-state index in [0.717, 1.165) is 30.6 Å². The monoisotopic (exact) mass is 323 g/mol. The predicted molar refractivity (Wildman–Crippen MR) is 95.7 cm³/mol. The summed E-state index contributed by atoms with van der Waals surface area (Å²) in [5, 5.41) is 8.99. The number of carbonyl (C=O) groups is 2. The summed E-state index contributed by atoms with van der Waals surface area (Å²) in [6.07, 6.45) is 1.93. The Morgan fingerprint density at radius 1 is 1.08 bits per heavy atom. The van der Waals surface area contributed by atoms with Gasteiger partial charge in [-0.2, -0.15) is 0 Å². The third-order valence-corrected chi connectivity index (χ3v) is 4.08. The molecule has 1 aliphatic heterocycles. The number of hydrogen-bond acceptors (Lipinski definition) is 3. The number of fused-ring (bicyclic) bond motifs is 1. The number of rotatable bonds is 4. The molecule has 2 amide bonds. The van der Waals surface area contributed by atoms with Crippen molar-refractivity contribution in [2.45, 2.75) is 19.8 Å². The van der Waals surface area contributed by atoms with Crippen LogP contribution in [0, 0.1) is 0 Å². The summed E-state index contributed by atoms with van der Waals surface area (Å²) in [5.74, 6) is -0.236. The second-order valence-electron chi connectivity index (χ2n) is 5.75. The molecular weight excluding hydrogens is 302 g/mol. The van der Waals surface area contributed by atoms with Crippen LogP contribution in [0.5, 0.6) is 0 Å². The van der Waals surface area contributed by atoms with Gasteiger partial charge in [0.1, 0.15) is 0 Å². The van der Waals surface area contributed by atoms with E-state index in [2.05, 4.69) is 16.0 Å². The van der Waals surface area contributed by atoms with Crippen molar-refractivity contribution in [2.75, 3.05) is 23.7 Å². The van der Waals surface area contributed by atoms with E-state index in [1.165, 1.54) is 0 Å². The number of nitrogens with one attached hydrogen (secondary N) is 3. The normalized spacial score (nSPS) is 12.7. The van der Waals surface area contributed by atoms with Gasteiger partial charge in [0, 0.05) is 35.6 Å². The molecule has 124 valence electrons. The van der Waals surface area contributed by atoms with Crippen LogP contribution in [-0.4, -0.2) is 24.9 Å². The molecule has 0 saturated carbocycles. The van der Waals surface area contributed by atoms with E-state index < -0.39 is 0 Å². The molecule has 3 N–H and O–H groups in total. The first-order valence-corrected chi connectivity index (χ1v) is 8.24. The number of amides is 2. The lowest BCUT2D eigenvalue weighted by atomic mass is 9.97. The zero-order valence-corrected chi connectivity index (χ0v) is 13.7. The molecule has 3 rings (SSSR count). The fraction of sp³-hybridized carbons (Fsp3) is 0.263.